The van der Waals surface area contributed by atoms with Crippen molar-refractivity contribution in [2.75, 3.05) is 0 Å². The summed E-state index contributed by atoms with van der Waals surface area (Å²) in [5, 5.41) is 30.5. The van der Waals surface area contributed by atoms with Crippen molar-refractivity contribution in [3.8, 4) is 0 Å². The molecule has 0 aromatic carbocycles. The Balaban J connectivity index is 2.72. The lowest BCUT2D eigenvalue weighted by Crippen LogP contribution is -2.62. The molecular weight excluding hydrogens is 212 g/mol. The number of hydrogen-bond acceptors (Lipinski definition) is 6. The lowest BCUT2D eigenvalue weighted by Gasteiger charge is -2.38. The normalized spacial score (nSPS) is 24.4. The SMILES string of the molecule is CC1(C)NC(C)(C)c2c(no[n+]2[O-])C1=NO. The maximum atomic E-state index is 11.5. The minimum Gasteiger partial charge on any atom is -0.410 e. The molecule has 0 unspecified atom stereocenters. The molecule has 0 saturated heterocycles. The van der Waals surface area contributed by atoms with Crippen LogP contribution in [0, 0.1) is 5.21 Å². The van der Waals surface area contributed by atoms with E-state index in [2.05, 4.69) is 20.3 Å². The zero-order chi connectivity index (χ0) is 12.1. The first kappa shape index (κ1) is 10.9. The molecule has 0 fully saturated rings. The summed E-state index contributed by atoms with van der Waals surface area (Å²) >= 11 is 0. The number of nitrogens with one attached hydrogen (secondary N) is 1. The molecule has 1 aromatic rings. The van der Waals surface area contributed by atoms with Crippen molar-refractivity contribution in [1.29, 1.82) is 0 Å². The molecule has 0 spiro atoms. The van der Waals surface area contributed by atoms with Gasteiger partial charge >= 0.3 is 0 Å². The summed E-state index contributed by atoms with van der Waals surface area (Å²) in [6, 6.07) is 0. The third-order valence-electron chi connectivity index (χ3n) is 2.75. The summed E-state index contributed by atoms with van der Waals surface area (Å²) in [6.45, 7) is 7.37. The van der Waals surface area contributed by atoms with Gasteiger partial charge < -0.3 is 10.4 Å². The van der Waals surface area contributed by atoms with Crippen LogP contribution < -0.4 is 10.2 Å². The second-order valence-electron chi connectivity index (χ2n) is 4.95. The molecular formula is C9H14N4O3. The summed E-state index contributed by atoms with van der Waals surface area (Å²) < 4.78 is 4.56. The van der Waals surface area contributed by atoms with Crippen molar-refractivity contribution in [3.63, 3.8) is 0 Å². The molecule has 7 heteroatoms. The summed E-state index contributed by atoms with van der Waals surface area (Å²) in [5.74, 6) is 0. The van der Waals surface area contributed by atoms with Crippen LogP contribution in [0.1, 0.15) is 39.1 Å². The van der Waals surface area contributed by atoms with E-state index in [-0.39, 0.29) is 0 Å². The molecule has 0 radical (unpaired) electrons. The van der Waals surface area contributed by atoms with Gasteiger partial charge in [0.1, 0.15) is 0 Å². The predicted octanol–water partition coefficient (Wildman–Crippen LogP) is 0.103. The van der Waals surface area contributed by atoms with E-state index in [1.807, 2.05) is 27.7 Å². The van der Waals surface area contributed by atoms with Crippen LogP contribution in [-0.4, -0.2) is 21.6 Å². The highest BCUT2D eigenvalue weighted by atomic mass is 16.8. The molecule has 0 aliphatic carbocycles. The maximum Gasteiger partial charge on any atom is 0.272 e. The predicted molar refractivity (Wildman–Crippen MR) is 54.0 cm³/mol. The van der Waals surface area contributed by atoms with Gasteiger partial charge in [0.15, 0.2) is 5.71 Å². The van der Waals surface area contributed by atoms with Gasteiger partial charge in [-0.2, -0.15) is 0 Å². The third-order valence-corrected chi connectivity index (χ3v) is 2.75. The topological polar surface area (TPSA) is 97.6 Å². The second kappa shape index (κ2) is 2.94. The number of oxime groups is 1. The van der Waals surface area contributed by atoms with Gasteiger partial charge in [-0.15, -0.1) is 0 Å². The molecule has 1 aromatic heterocycles. The third kappa shape index (κ3) is 1.28. The Hall–Kier alpha value is -1.63. The monoisotopic (exact) mass is 226 g/mol. The van der Waals surface area contributed by atoms with E-state index in [9.17, 15) is 5.21 Å². The molecule has 2 heterocycles. The van der Waals surface area contributed by atoms with Gasteiger partial charge in [0, 0.05) is 5.16 Å². The van der Waals surface area contributed by atoms with Crippen LogP contribution in [0.4, 0.5) is 0 Å². The number of rotatable bonds is 0. The molecule has 1 aliphatic rings. The minimum atomic E-state index is -0.602. The van der Waals surface area contributed by atoms with Crippen LogP contribution in [0.2, 0.25) is 0 Å². The average Bonchev–Trinajstić information content (AvgIpc) is 2.45. The van der Waals surface area contributed by atoms with Crippen LogP contribution in [0.25, 0.3) is 0 Å². The van der Waals surface area contributed by atoms with Crippen molar-refractivity contribution < 1.29 is 14.7 Å². The smallest absolute Gasteiger partial charge is 0.272 e. The molecule has 7 nitrogen and oxygen atoms in total. The first-order valence-electron chi connectivity index (χ1n) is 4.92. The Morgan fingerprint density at radius 1 is 1.38 bits per heavy atom. The lowest BCUT2D eigenvalue weighted by molar-refractivity contribution is -0.810. The number of aromatic nitrogens is 2. The molecule has 88 valence electrons. The largest absolute Gasteiger partial charge is 0.410 e. The van der Waals surface area contributed by atoms with Crippen LogP contribution in [0.15, 0.2) is 9.78 Å². The van der Waals surface area contributed by atoms with Crippen LogP contribution in [-0.2, 0) is 5.54 Å². The number of nitrogens with zero attached hydrogens (tertiary/aromatic N) is 3. The Morgan fingerprint density at radius 3 is 2.56 bits per heavy atom. The molecule has 2 N–H and O–H groups in total. The average molecular weight is 226 g/mol. The van der Waals surface area contributed by atoms with Crippen LogP contribution in [0.3, 0.4) is 0 Å². The van der Waals surface area contributed by atoms with Gasteiger partial charge in [0.05, 0.1) is 11.1 Å². The molecule has 0 amide bonds. The van der Waals surface area contributed by atoms with E-state index < -0.39 is 11.1 Å². The van der Waals surface area contributed by atoms with Crippen molar-refractivity contribution in [3.05, 3.63) is 16.6 Å². The highest BCUT2D eigenvalue weighted by Gasteiger charge is 2.50. The molecule has 16 heavy (non-hydrogen) atoms. The van der Waals surface area contributed by atoms with Crippen molar-refractivity contribution in [2.45, 2.75) is 38.8 Å². The molecule has 1 aliphatic heterocycles. The Kier molecular flexibility index (Phi) is 2.00. The van der Waals surface area contributed by atoms with E-state index in [1.54, 1.807) is 0 Å². The molecule has 0 saturated carbocycles. The summed E-state index contributed by atoms with van der Waals surface area (Å²) in [7, 11) is 0. The second-order valence-corrected chi connectivity index (χ2v) is 4.95. The Labute approximate surface area is 92.3 Å². The fourth-order valence-electron chi connectivity index (χ4n) is 2.30. The van der Waals surface area contributed by atoms with Gasteiger partial charge in [-0.25, -0.2) is 0 Å². The van der Waals surface area contributed by atoms with E-state index in [1.165, 1.54) is 0 Å². The molecule has 0 bridgehead atoms. The van der Waals surface area contributed by atoms with Crippen molar-refractivity contribution in [2.24, 2.45) is 5.16 Å². The van der Waals surface area contributed by atoms with Crippen molar-refractivity contribution in [1.82, 2.24) is 10.5 Å². The van der Waals surface area contributed by atoms with E-state index in [0.29, 0.717) is 22.0 Å². The minimum absolute atomic E-state index is 0.292. The van der Waals surface area contributed by atoms with Gasteiger partial charge in [-0.05, 0) is 32.6 Å². The van der Waals surface area contributed by atoms with E-state index >= 15 is 0 Å². The number of hydrogen-bond donors (Lipinski definition) is 2. The Bertz CT molecular complexity index is 461. The number of fused-ring (bicyclic) bond motifs is 1. The van der Waals surface area contributed by atoms with Crippen LogP contribution in [0.5, 0.6) is 0 Å². The Morgan fingerprint density at radius 2 is 2.00 bits per heavy atom. The van der Waals surface area contributed by atoms with Gasteiger partial charge in [-0.1, -0.05) is 5.16 Å². The fraction of sp³-hybridized carbons (Fsp3) is 0.667. The lowest BCUT2D eigenvalue weighted by atomic mass is 9.82. The molecule has 0 atom stereocenters. The van der Waals surface area contributed by atoms with Gasteiger partial charge in [0.2, 0.25) is 5.69 Å². The highest BCUT2D eigenvalue weighted by Crippen LogP contribution is 2.31. The van der Waals surface area contributed by atoms with E-state index in [4.69, 9.17) is 5.21 Å². The van der Waals surface area contributed by atoms with Crippen LogP contribution >= 0.6 is 0 Å². The first-order chi connectivity index (χ1) is 7.29. The molecule has 2 rings (SSSR count). The summed E-state index contributed by atoms with van der Waals surface area (Å²) in [4.78, 5) is 0.336. The van der Waals surface area contributed by atoms with E-state index in [0.717, 1.165) is 0 Å². The summed E-state index contributed by atoms with van der Waals surface area (Å²) in [6.07, 6.45) is 0. The fourth-order valence-corrected chi connectivity index (χ4v) is 2.30. The maximum absolute atomic E-state index is 11.5. The standard InChI is InChI=1S/C9H14N4O3/c1-8(2)6(10-14)5-7(9(3,4)12-8)13(15)16-11-5/h12,14H,1-4H3. The highest BCUT2D eigenvalue weighted by molar-refractivity contribution is 6.06. The van der Waals surface area contributed by atoms with Crippen molar-refractivity contribution >= 4 is 5.71 Å². The van der Waals surface area contributed by atoms with Gasteiger partial charge in [0.25, 0.3) is 5.69 Å². The summed E-state index contributed by atoms with van der Waals surface area (Å²) in [5.41, 5.74) is -0.282. The zero-order valence-electron chi connectivity index (χ0n) is 9.61. The first-order valence-corrected chi connectivity index (χ1v) is 4.92. The zero-order valence-corrected chi connectivity index (χ0v) is 9.61. The quantitative estimate of drug-likeness (QED) is 0.371. The van der Waals surface area contributed by atoms with Gasteiger partial charge in [-0.3, -0.25) is 9.95 Å².